The molecule has 0 fully saturated rings. The van der Waals surface area contributed by atoms with Gasteiger partial charge in [0.15, 0.2) is 0 Å². The zero-order chi connectivity index (χ0) is 19.0. The molecule has 0 amide bonds. The maximum absolute atomic E-state index is 5.64. The summed E-state index contributed by atoms with van der Waals surface area (Å²) in [5.74, 6) is 0. The predicted molar refractivity (Wildman–Crippen MR) is 115 cm³/mol. The Morgan fingerprint density at radius 1 is 0.593 bits per heavy atom. The van der Waals surface area contributed by atoms with Gasteiger partial charge in [-0.2, -0.15) is 0 Å². The van der Waals surface area contributed by atoms with E-state index in [2.05, 4.69) is 62.4 Å². The SMILES string of the molecule is Cc1ccc(-n2ccn([B-]n3ccn(-c4ccc(C)cc4)c3=S)c2=S)cc1. The van der Waals surface area contributed by atoms with Crippen LogP contribution in [0.4, 0.5) is 0 Å². The van der Waals surface area contributed by atoms with E-state index in [1.807, 2.05) is 50.4 Å². The second-order valence-electron chi connectivity index (χ2n) is 6.50. The predicted octanol–water partition coefficient (Wildman–Crippen LogP) is 4.88. The van der Waals surface area contributed by atoms with Crippen molar-refractivity contribution in [2.24, 2.45) is 0 Å². The topological polar surface area (TPSA) is 19.7 Å². The molecule has 2 aromatic carbocycles. The second-order valence-corrected chi connectivity index (χ2v) is 7.23. The summed E-state index contributed by atoms with van der Waals surface area (Å²) in [5, 5.41) is 0. The van der Waals surface area contributed by atoms with Gasteiger partial charge in [0.05, 0.1) is 0 Å². The highest BCUT2D eigenvalue weighted by atomic mass is 32.1. The molecule has 0 atom stereocenters. The first kappa shape index (κ1) is 17.8. The summed E-state index contributed by atoms with van der Waals surface area (Å²) < 4.78 is 9.11. The van der Waals surface area contributed by atoms with E-state index in [0.29, 0.717) is 9.54 Å². The number of hydrogen-bond acceptors (Lipinski definition) is 2. The molecule has 0 aliphatic heterocycles. The molecule has 4 rings (SSSR count). The van der Waals surface area contributed by atoms with Crippen molar-refractivity contribution in [2.45, 2.75) is 13.8 Å². The lowest BCUT2D eigenvalue weighted by Crippen LogP contribution is -2.16. The van der Waals surface area contributed by atoms with Crippen LogP contribution in [0.15, 0.2) is 73.3 Å². The molecule has 7 heteroatoms. The summed E-state index contributed by atoms with van der Waals surface area (Å²) in [7, 11) is 1.90. The molecule has 2 radical (unpaired) electrons. The van der Waals surface area contributed by atoms with Crippen LogP contribution in [0.1, 0.15) is 11.1 Å². The number of hydrogen-bond donors (Lipinski definition) is 0. The largest absolute Gasteiger partial charge is 0.541 e. The van der Waals surface area contributed by atoms with E-state index in [4.69, 9.17) is 24.4 Å². The Labute approximate surface area is 169 Å². The normalized spacial score (nSPS) is 11.0. The minimum atomic E-state index is 0.684. The molecule has 0 spiro atoms. The van der Waals surface area contributed by atoms with Crippen molar-refractivity contribution >= 4 is 32.0 Å². The number of imidazole rings is 2. The van der Waals surface area contributed by atoms with Crippen LogP contribution in [0.2, 0.25) is 0 Å². The standard InChI is InChI=1S/C20H18BN4S2/c1-15-3-7-17(8-4-15)22-11-13-24(19(22)26)21-25-14-12-23(20(25)27)18-9-5-16(2)6-10-18/h3-14H,1-2H3/q-1. The monoisotopic (exact) mass is 389 g/mol. The fourth-order valence-corrected chi connectivity index (χ4v) is 3.44. The zero-order valence-electron chi connectivity index (χ0n) is 15.1. The summed E-state index contributed by atoms with van der Waals surface area (Å²) in [5.41, 5.74) is 4.53. The van der Waals surface area contributed by atoms with Gasteiger partial charge in [0, 0.05) is 23.8 Å². The van der Waals surface area contributed by atoms with Crippen LogP contribution in [-0.2, 0) is 0 Å². The summed E-state index contributed by atoms with van der Waals surface area (Å²) in [6.45, 7) is 4.14. The quantitative estimate of drug-likeness (QED) is 0.366. The van der Waals surface area contributed by atoms with Crippen molar-refractivity contribution in [3.05, 3.63) is 94.0 Å². The van der Waals surface area contributed by atoms with Crippen LogP contribution in [0.25, 0.3) is 11.4 Å². The van der Waals surface area contributed by atoms with E-state index in [1.54, 1.807) is 0 Å². The Balaban J connectivity index is 1.64. The third-order valence-corrected chi connectivity index (χ3v) is 5.29. The Kier molecular flexibility index (Phi) is 4.72. The second kappa shape index (κ2) is 7.17. The van der Waals surface area contributed by atoms with Crippen molar-refractivity contribution in [1.82, 2.24) is 18.1 Å². The molecule has 0 saturated heterocycles. The fourth-order valence-electron chi connectivity index (χ4n) is 2.89. The van der Waals surface area contributed by atoms with E-state index in [9.17, 15) is 0 Å². The van der Waals surface area contributed by atoms with Crippen molar-refractivity contribution in [2.75, 3.05) is 0 Å². The molecular weight excluding hydrogens is 371 g/mol. The van der Waals surface area contributed by atoms with Crippen molar-refractivity contribution in [3.63, 3.8) is 0 Å². The minimum Gasteiger partial charge on any atom is -0.541 e. The van der Waals surface area contributed by atoms with Gasteiger partial charge in [-0.15, -0.1) is 0 Å². The highest BCUT2D eigenvalue weighted by Crippen LogP contribution is 2.13. The van der Waals surface area contributed by atoms with E-state index < -0.39 is 0 Å². The number of aryl methyl sites for hydroxylation is 2. The first-order chi connectivity index (χ1) is 13.0. The van der Waals surface area contributed by atoms with Gasteiger partial charge in [-0.25, -0.2) is 0 Å². The van der Waals surface area contributed by atoms with Crippen molar-refractivity contribution in [1.29, 1.82) is 0 Å². The molecule has 2 aromatic heterocycles. The van der Waals surface area contributed by atoms with Crippen LogP contribution >= 0.6 is 24.4 Å². The van der Waals surface area contributed by atoms with Gasteiger partial charge in [-0.3, -0.25) is 9.13 Å². The molecule has 0 saturated carbocycles. The van der Waals surface area contributed by atoms with Gasteiger partial charge in [0.2, 0.25) is 0 Å². The molecule has 134 valence electrons. The number of nitrogens with zero attached hydrogens (tertiary/aromatic N) is 4. The van der Waals surface area contributed by atoms with Gasteiger partial charge >= 0.3 is 0 Å². The molecule has 0 N–H and O–H groups in total. The highest BCUT2D eigenvalue weighted by Gasteiger charge is 2.00. The lowest BCUT2D eigenvalue weighted by atomic mass is 10.2. The van der Waals surface area contributed by atoms with Gasteiger partial charge in [0.25, 0.3) is 0 Å². The maximum Gasteiger partial charge on any atom is 0.140 e. The first-order valence-corrected chi connectivity index (χ1v) is 9.42. The molecule has 0 aliphatic carbocycles. The Morgan fingerprint density at radius 2 is 0.963 bits per heavy atom. The van der Waals surface area contributed by atoms with Crippen molar-refractivity contribution < 1.29 is 0 Å². The molecular formula is C20H18BN4S2-. The lowest BCUT2D eigenvalue weighted by molar-refractivity contribution is 0.962. The third kappa shape index (κ3) is 3.48. The molecule has 0 aliphatic rings. The zero-order valence-corrected chi connectivity index (χ0v) is 16.7. The third-order valence-electron chi connectivity index (χ3n) is 4.48. The van der Waals surface area contributed by atoms with Gasteiger partial charge in [-0.05, 0) is 74.9 Å². The van der Waals surface area contributed by atoms with E-state index in [1.165, 1.54) is 11.1 Å². The average Bonchev–Trinajstić information content (AvgIpc) is 3.21. The van der Waals surface area contributed by atoms with Crippen LogP contribution in [-0.4, -0.2) is 25.6 Å². The molecule has 0 unspecified atom stereocenters. The fraction of sp³-hybridized carbons (Fsp3) is 0.100. The number of aromatic nitrogens is 4. The molecule has 4 nitrogen and oxygen atoms in total. The first-order valence-electron chi connectivity index (χ1n) is 8.61. The molecule has 4 aromatic rings. The summed E-state index contributed by atoms with van der Waals surface area (Å²) in [6.07, 6.45) is 7.80. The summed E-state index contributed by atoms with van der Waals surface area (Å²) in [6, 6.07) is 16.6. The van der Waals surface area contributed by atoms with E-state index >= 15 is 0 Å². The molecule has 2 heterocycles. The van der Waals surface area contributed by atoms with E-state index in [-0.39, 0.29) is 0 Å². The minimum absolute atomic E-state index is 0.684. The Bertz CT molecular complexity index is 1100. The van der Waals surface area contributed by atoms with Crippen LogP contribution < -0.4 is 0 Å². The smallest absolute Gasteiger partial charge is 0.140 e. The maximum atomic E-state index is 5.64. The van der Waals surface area contributed by atoms with E-state index in [0.717, 1.165) is 11.4 Å². The summed E-state index contributed by atoms with van der Waals surface area (Å²) >= 11 is 11.3. The summed E-state index contributed by atoms with van der Waals surface area (Å²) in [4.78, 5) is 0. The average molecular weight is 389 g/mol. The van der Waals surface area contributed by atoms with Gasteiger partial charge < -0.3 is 8.96 Å². The Morgan fingerprint density at radius 3 is 1.33 bits per heavy atom. The number of benzene rings is 2. The molecule has 0 bridgehead atoms. The van der Waals surface area contributed by atoms with Crippen LogP contribution in [0.3, 0.4) is 0 Å². The van der Waals surface area contributed by atoms with Crippen LogP contribution in [0, 0.1) is 23.4 Å². The number of rotatable bonds is 4. The highest BCUT2D eigenvalue weighted by molar-refractivity contribution is 7.71. The molecule has 27 heavy (non-hydrogen) atoms. The Hall–Kier alpha value is -2.64. The van der Waals surface area contributed by atoms with Crippen molar-refractivity contribution in [3.8, 4) is 11.4 Å². The van der Waals surface area contributed by atoms with Gasteiger partial charge in [-0.1, -0.05) is 42.9 Å². The van der Waals surface area contributed by atoms with Crippen LogP contribution in [0.5, 0.6) is 0 Å². The van der Waals surface area contributed by atoms with Gasteiger partial charge in [0.1, 0.15) is 9.54 Å². The lowest BCUT2D eigenvalue weighted by Gasteiger charge is -2.20.